The van der Waals surface area contributed by atoms with Gasteiger partial charge in [0.15, 0.2) is 0 Å². The molecule has 6 nitrogen and oxygen atoms in total. The lowest BCUT2D eigenvalue weighted by Crippen LogP contribution is -2.54. The van der Waals surface area contributed by atoms with E-state index in [1.54, 1.807) is 31.4 Å². The van der Waals surface area contributed by atoms with Gasteiger partial charge in [-0.15, -0.1) is 12.4 Å². The number of methoxy groups -OCH3 is 1. The zero-order valence-corrected chi connectivity index (χ0v) is 15.8. The summed E-state index contributed by atoms with van der Waals surface area (Å²) in [6, 6.07) is 6.41. The highest BCUT2D eigenvalue weighted by molar-refractivity contribution is 5.97. The summed E-state index contributed by atoms with van der Waals surface area (Å²) in [6.45, 7) is 5.63. The van der Waals surface area contributed by atoms with Crippen LogP contribution >= 0.6 is 12.4 Å². The van der Waals surface area contributed by atoms with Crippen molar-refractivity contribution in [2.24, 2.45) is 5.92 Å². The molecule has 0 aliphatic carbocycles. The van der Waals surface area contributed by atoms with Crippen molar-refractivity contribution < 1.29 is 14.3 Å². The van der Waals surface area contributed by atoms with Gasteiger partial charge in [-0.25, -0.2) is 0 Å². The molecule has 1 heterocycles. The molecule has 0 radical (unpaired) electrons. The van der Waals surface area contributed by atoms with Gasteiger partial charge in [0.05, 0.1) is 7.11 Å². The van der Waals surface area contributed by atoms with Gasteiger partial charge in [0.1, 0.15) is 11.8 Å². The van der Waals surface area contributed by atoms with Crippen molar-refractivity contribution in [3.8, 4) is 5.75 Å². The van der Waals surface area contributed by atoms with Crippen LogP contribution in [0.2, 0.25) is 0 Å². The molecule has 0 spiro atoms. The van der Waals surface area contributed by atoms with Crippen LogP contribution in [-0.4, -0.2) is 44.1 Å². The Morgan fingerprint density at radius 2 is 1.92 bits per heavy atom. The van der Waals surface area contributed by atoms with E-state index in [1.165, 1.54) is 0 Å². The minimum atomic E-state index is -0.554. The maximum atomic E-state index is 12.5. The van der Waals surface area contributed by atoms with E-state index >= 15 is 0 Å². The molecular formula is C18H28ClN3O3. The molecule has 1 aliphatic rings. The number of amides is 2. The monoisotopic (exact) mass is 369 g/mol. The van der Waals surface area contributed by atoms with Crippen LogP contribution in [0.25, 0.3) is 0 Å². The zero-order chi connectivity index (χ0) is 17.5. The number of nitrogens with one attached hydrogen (secondary N) is 3. The Labute approximate surface area is 155 Å². The topological polar surface area (TPSA) is 79.5 Å². The van der Waals surface area contributed by atoms with Crippen LogP contribution in [0.1, 0.15) is 37.0 Å². The number of carbonyl (C=O) groups excluding carboxylic acids is 2. The minimum Gasteiger partial charge on any atom is -0.497 e. The molecule has 1 aromatic rings. The molecule has 1 saturated heterocycles. The number of hydrogen-bond acceptors (Lipinski definition) is 4. The third-order valence-corrected chi connectivity index (χ3v) is 4.23. The lowest BCUT2D eigenvalue weighted by molar-refractivity contribution is -0.124. The summed E-state index contributed by atoms with van der Waals surface area (Å²) >= 11 is 0. The fourth-order valence-corrected chi connectivity index (χ4v) is 2.77. The molecule has 0 aromatic heterocycles. The number of carbonyl (C=O) groups is 2. The smallest absolute Gasteiger partial charge is 0.251 e. The fourth-order valence-electron chi connectivity index (χ4n) is 2.77. The van der Waals surface area contributed by atoms with E-state index in [0.29, 0.717) is 11.3 Å². The number of benzene rings is 1. The van der Waals surface area contributed by atoms with Crippen LogP contribution in [0.4, 0.5) is 0 Å². The quantitative estimate of drug-likeness (QED) is 0.713. The molecule has 7 heteroatoms. The molecule has 0 saturated carbocycles. The molecule has 2 unspecified atom stereocenters. The molecule has 140 valence electrons. The SMILES string of the molecule is COc1ccc(C(=O)NC(C(=O)NC2CCCNC2)C(C)C)cc1.Cl. The van der Waals surface area contributed by atoms with Crippen molar-refractivity contribution in [1.29, 1.82) is 0 Å². The molecule has 2 amide bonds. The third kappa shape index (κ3) is 6.21. The normalized spacial score (nSPS) is 18.0. The average molecular weight is 370 g/mol. The minimum absolute atomic E-state index is 0. The Balaban J connectivity index is 0.00000312. The Bertz CT molecular complexity index is 557. The molecule has 1 aromatic carbocycles. The Morgan fingerprint density at radius 1 is 1.24 bits per heavy atom. The van der Waals surface area contributed by atoms with E-state index in [-0.39, 0.29) is 36.2 Å². The van der Waals surface area contributed by atoms with Gasteiger partial charge in [0.2, 0.25) is 5.91 Å². The average Bonchev–Trinajstić information content (AvgIpc) is 2.60. The van der Waals surface area contributed by atoms with Gasteiger partial charge < -0.3 is 20.7 Å². The lowest BCUT2D eigenvalue weighted by Gasteiger charge is -2.28. The van der Waals surface area contributed by atoms with Crippen LogP contribution < -0.4 is 20.7 Å². The summed E-state index contributed by atoms with van der Waals surface area (Å²) in [4.78, 5) is 25.0. The van der Waals surface area contributed by atoms with Crippen molar-refractivity contribution >= 4 is 24.2 Å². The largest absolute Gasteiger partial charge is 0.497 e. The second kappa shape index (κ2) is 10.3. The second-order valence-corrected chi connectivity index (χ2v) is 6.48. The Kier molecular flexibility index (Phi) is 8.72. The van der Waals surface area contributed by atoms with E-state index < -0.39 is 6.04 Å². The molecular weight excluding hydrogens is 342 g/mol. The molecule has 2 atom stereocenters. The predicted molar refractivity (Wildman–Crippen MR) is 100 cm³/mol. The summed E-state index contributed by atoms with van der Waals surface area (Å²) in [7, 11) is 1.58. The molecule has 1 fully saturated rings. The van der Waals surface area contributed by atoms with Gasteiger partial charge in [-0.05, 0) is 49.6 Å². The van der Waals surface area contributed by atoms with Crippen LogP contribution in [0, 0.1) is 5.92 Å². The van der Waals surface area contributed by atoms with Crippen LogP contribution in [0.3, 0.4) is 0 Å². The van der Waals surface area contributed by atoms with E-state index in [4.69, 9.17) is 4.74 Å². The van der Waals surface area contributed by atoms with Gasteiger partial charge in [-0.3, -0.25) is 9.59 Å². The van der Waals surface area contributed by atoms with Gasteiger partial charge in [0, 0.05) is 18.2 Å². The standard InChI is InChI=1S/C18H27N3O3.ClH/c1-12(2)16(18(23)20-14-5-4-10-19-11-14)21-17(22)13-6-8-15(24-3)9-7-13;/h6-9,12,14,16,19H,4-5,10-11H2,1-3H3,(H,20,23)(H,21,22);1H. The lowest BCUT2D eigenvalue weighted by atomic mass is 10.0. The molecule has 0 bridgehead atoms. The van der Waals surface area contributed by atoms with Crippen molar-refractivity contribution in [3.05, 3.63) is 29.8 Å². The third-order valence-electron chi connectivity index (χ3n) is 4.23. The fraction of sp³-hybridized carbons (Fsp3) is 0.556. The zero-order valence-electron chi connectivity index (χ0n) is 15.0. The van der Waals surface area contributed by atoms with E-state index in [0.717, 1.165) is 25.9 Å². The highest BCUT2D eigenvalue weighted by atomic mass is 35.5. The molecule has 25 heavy (non-hydrogen) atoms. The first-order chi connectivity index (χ1) is 11.5. The first-order valence-corrected chi connectivity index (χ1v) is 8.47. The molecule has 2 rings (SSSR count). The maximum absolute atomic E-state index is 12.5. The summed E-state index contributed by atoms with van der Waals surface area (Å²) in [5.41, 5.74) is 0.508. The van der Waals surface area contributed by atoms with Crippen LogP contribution in [0.15, 0.2) is 24.3 Å². The number of halogens is 1. The van der Waals surface area contributed by atoms with Gasteiger partial charge >= 0.3 is 0 Å². The van der Waals surface area contributed by atoms with Gasteiger partial charge in [0.25, 0.3) is 5.91 Å². The number of piperidine rings is 1. The summed E-state index contributed by atoms with van der Waals surface area (Å²) in [5.74, 6) is 0.312. The van der Waals surface area contributed by atoms with Crippen molar-refractivity contribution in [3.63, 3.8) is 0 Å². The van der Waals surface area contributed by atoms with Crippen molar-refractivity contribution in [2.45, 2.75) is 38.8 Å². The second-order valence-electron chi connectivity index (χ2n) is 6.48. The molecule has 3 N–H and O–H groups in total. The predicted octanol–water partition coefficient (Wildman–Crippen LogP) is 1.74. The number of ether oxygens (including phenoxy) is 1. The summed E-state index contributed by atoms with van der Waals surface area (Å²) in [6.07, 6.45) is 2.02. The molecule has 1 aliphatic heterocycles. The van der Waals surface area contributed by atoms with Crippen molar-refractivity contribution in [2.75, 3.05) is 20.2 Å². The number of hydrogen-bond donors (Lipinski definition) is 3. The van der Waals surface area contributed by atoms with E-state index in [2.05, 4.69) is 16.0 Å². The number of rotatable bonds is 6. The highest BCUT2D eigenvalue weighted by Crippen LogP contribution is 2.12. The van der Waals surface area contributed by atoms with Crippen molar-refractivity contribution in [1.82, 2.24) is 16.0 Å². The first-order valence-electron chi connectivity index (χ1n) is 8.47. The van der Waals surface area contributed by atoms with Crippen LogP contribution in [-0.2, 0) is 4.79 Å². The van der Waals surface area contributed by atoms with E-state index in [1.807, 2.05) is 13.8 Å². The maximum Gasteiger partial charge on any atom is 0.251 e. The summed E-state index contributed by atoms with van der Waals surface area (Å²) in [5, 5.41) is 9.16. The van der Waals surface area contributed by atoms with E-state index in [9.17, 15) is 9.59 Å². The Morgan fingerprint density at radius 3 is 2.44 bits per heavy atom. The summed E-state index contributed by atoms with van der Waals surface area (Å²) < 4.78 is 5.09. The Hall–Kier alpha value is -1.79. The van der Waals surface area contributed by atoms with Gasteiger partial charge in [-0.2, -0.15) is 0 Å². The van der Waals surface area contributed by atoms with Gasteiger partial charge in [-0.1, -0.05) is 13.8 Å². The first kappa shape index (κ1) is 21.3. The van der Waals surface area contributed by atoms with Crippen LogP contribution in [0.5, 0.6) is 5.75 Å². The highest BCUT2D eigenvalue weighted by Gasteiger charge is 2.27.